The summed E-state index contributed by atoms with van der Waals surface area (Å²) in [6.07, 6.45) is 6.53. The van der Waals surface area contributed by atoms with E-state index in [1.165, 1.54) is 37.6 Å². The third-order valence-corrected chi connectivity index (χ3v) is 5.57. The van der Waals surface area contributed by atoms with Gasteiger partial charge in [0.2, 0.25) is 0 Å². The molecule has 1 aromatic rings. The van der Waals surface area contributed by atoms with Gasteiger partial charge in [-0.3, -0.25) is 0 Å². The van der Waals surface area contributed by atoms with Gasteiger partial charge in [-0.25, -0.2) is 0 Å². The van der Waals surface area contributed by atoms with Crippen LogP contribution in [0.1, 0.15) is 76.2 Å². The summed E-state index contributed by atoms with van der Waals surface area (Å²) in [6.45, 7) is 10.3. The fourth-order valence-corrected chi connectivity index (χ4v) is 4.70. The van der Waals surface area contributed by atoms with Gasteiger partial charge in [0.1, 0.15) is 5.75 Å². The highest BCUT2D eigenvalue weighted by atomic mass is 16.5. The van der Waals surface area contributed by atoms with Gasteiger partial charge in [-0.2, -0.15) is 0 Å². The summed E-state index contributed by atoms with van der Waals surface area (Å²) in [5, 5.41) is 0. The third kappa shape index (κ3) is 3.00. The monoisotopic (exact) mass is 286 g/mol. The van der Waals surface area contributed by atoms with Gasteiger partial charge in [0.05, 0.1) is 7.11 Å². The van der Waals surface area contributed by atoms with Crippen molar-refractivity contribution in [3.8, 4) is 5.75 Å². The lowest BCUT2D eigenvalue weighted by Gasteiger charge is -2.42. The zero-order chi connectivity index (χ0) is 15.4. The van der Waals surface area contributed by atoms with Gasteiger partial charge in [-0.1, -0.05) is 77.6 Å². The van der Waals surface area contributed by atoms with E-state index in [4.69, 9.17) is 4.74 Å². The van der Waals surface area contributed by atoms with Gasteiger partial charge >= 0.3 is 0 Å². The quantitative estimate of drug-likeness (QED) is 0.590. The van der Waals surface area contributed by atoms with Crippen molar-refractivity contribution >= 4 is 6.71 Å². The fourth-order valence-electron chi connectivity index (χ4n) is 4.70. The zero-order valence-corrected chi connectivity index (χ0v) is 14.5. The molecule has 21 heavy (non-hydrogen) atoms. The minimum Gasteiger partial charge on any atom is -0.496 e. The van der Waals surface area contributed by atoms with Crippen LogP contribution < -0.4 is 4.74 Å². The molecule has 1 nitrogen and oxygen atoms in total. The van der Waals surface area contributed by atoms with Gasteiger partial charge < -0.3 is 4.74 Å². The maximum atomic E-state index is 5.71. The third-order valence-electron chi connectivity index (χ3n) is 5.57. The van der Waals surface area contributed by atoms with Crippen molar-refractivity contribution < 1.29 is 4.74 Å². The van der Waals surface area contributed by atoms with E-state index >= 15 is 0 Å². The molecule has 0 amide bonds. The number of ether oxygens (including phenoxy) is 1. The van der Waals surface area contributed by atoms with Gasteiger partial charge in [0.25, 0.3) is 0 Å². The van der Waals surface area contributed by atoms with Crippen LogP contribution in [0.4, 0.5) is 0 Å². The van der Waals surface area contributed by atoms with Gasteiger partial charge in [0.15, 0.2) is 6.71 Å². The molecule has 0 radical (unpaired) electrons. The molecule has 0 spiro atoms. The van der Waals surface area contributed by atoms with Crippen molar-refractivity contribution in [2.24, 2.45) is 0 Å². The second kappa shape index (κ2) is 7.38. The van der Waals surface area contributed by atoms with Crippen LogP contribution in [0, 0.1) is 0 Å². The Kier molecular flexibility index (Phi) is 5.78. The van der Waals surface area contributed by atoms with E-state index in [1.54, 1.807) is 5.56 Å². The van der Waals surface area contributed by atoms with E-state index in [-0.39, 0.29) is 0 Å². The highest BCUT2D eigenvalue weighted by Crippen LogP contribution is 2.52. The van der Waals surface area contributed by atoms with Crippen LogP contribution in [-0.4, -0.2) is 13.8 Å². The SMILES string of the molecule is CCCB1C(CC)c2c(OC)cccc2C(C)C1CCC. The Bertz CT molecular complexity index is 457. The molecule has 0 saturated heterocycles. The van der Waals surface area contributed by atoms with Crippen LogP contribution >= 0.6 is 0 Å². The van der Waals surface area contributed by atoms with Crippen LogP contribution in [0.5, 0.6) is 5.75 Å². The van der Waals surface area contributed by atoms with Gasteiger partial charge in [-0.15, -0.1) is 0 Å². The standard InChI is InChI=1S/C19H31BO/c1-6-10-17-14(4)15-11-9-12-18(21-5)19(15)16(8-3)20(17)13-7-2/h9,11-12,14,16-17H,6-8,10,13H2,1-5H3. The fraction of sp³-hybridized carbons (Fsp3) is 0.684. The summed E-state index contributed by atoms with van der Waals surface area (Å²) >= 11 is 0. The molecule has 2 heteroatoms. The maximum absolute atomic E-state index is 5.71. The van der Waals surface area contributed by atoms with Crippen LogP contribution in [-0.2, 0) is 0 Å². The molecular weight excluding hydrogens is 255 g/mol. The van der Waals surface area contributed by atoms with Crippen molar-refractivity contribution in [2.45, 2.75) is 77.3 Å². The molecule has 1 aliphatic rings. The first-order valence-electron chi connectivity index (χ1n) is 8.86. The van der Waals surface area contributed by atoms with E-state index in [0.29, 0.717) is 11.7 Å². The Morgan fingerprint density at radius 1 is 1.14 bits per heavy atom. The molecule has 0 saturated carbocycles. The normalized spacial score (nSPS) is 24.8. The van der Waals surface area contributed by atoms with E-state index in [9.17, 15) is 0 Å². The largest absolute Gasteiger partial charge is 0.496 e. The summed E-state index contributed by atoms with van der Waals surface area (Å²) < 4.78 is 5.71. The van der Waals surface area contributed by atoms with Crippen LogP contribution in [0.2, 0.25) is 12.1 Å². The molecule has 0 aliphatic carbocycles. The molecule has 0 N–H and O–H groups in total. The summed E-state index contributed by atoms with van der Waals surface area (Å²) in [4.78, 5) is 0. The predicted octanol–water partition coefficient (Wildman–Crippen LogP) is 5.92. The molecule has 2 rings (SSSR count). The lowest BCUT2D eigenvalue weighted by Crippen LogP contribution is -2.37. The predicted molar refractivity (Wildman–Crippen MR) is 94.0 cm³/mol. The smallest absolute Gasteiger partial charge is 0.152 e. The zero-order valence-electron chi connectivity index (χ0n) is 14.5. The highest BCUT2D eigenvalue weighted by molar-refractivity contribution is 6.63. The Hall–Kier alpha value is -0.915. The maximum Gasteiger partial charge on any atom is 0.152 e. The number of fused-ring (bicyclic) bond motifs is 1. The van der Waals surface area contributed by atoms with Crippen molar-refractivity contribution in [3.63, 3.8) is 0 Å². The number of hydrogen-bond acceptors (Lipinski definition) is 1. The molecule has 3 unspecified atom stereocenters. The molecule has 3 atom stereocenters. The van der Waals surface area contributed by atoms with Gasteiger partial charge in [0, 0.05) is 0 Å². The summed E-state index contributed by atoms with van der Waals surface area (Å²) in [5.74, 6) is 3.28. The minimum absolute atomic E-state index is 0.661. The number of methoxy groups -OCH3 is 1. The Morgan fingerprint density at radius 3 is 2.48 bits per heavy atom. The molecule has 0 bridgehead atoms. The molecule has 1 aromatic carbocycles. The Morgan fingerprint density at radius 2 is 1.90 bits per heavy atom. The first-order chi connectivity index (χ1) is 10.2. The lowest BCUT2D eigenvalue weighted by molar-refractivity contribution is 0.404. The highest BCUT2D eigenvalue weighted by Gasteiger charge is 2.42. The van der Waals surface area contributed by atoms with E-state index in [1.807, 2.05) is 7.11 Å². The second-order valence-electron chi connectivity index (χ2n) is 6.67. The lowest BCUT2D eigenvalue weighted by atomic mass is 9.25. The molecule has 116 valence electrons. The van der Waals surface area contributed by atoms with Crippen molar-refractivity contribution in [2.75, 3.05) is 7.11 Å². The topological polar surface area (TPSA) is 9.23 Å². The summed E-state index contributed by atoms with van der Waals surface area (Å²) in [7, 11) is 1.82. The first kappa shape index (κ1) is 16.5. The first-order valence-corrected chi connectivity index (χ1v) is 8.86. The molecule has 0 aromatic heterocycles. The van der Waals surface area contributed by atoms with Crippen LogP contribution in [0.15, 0.2) is 18.2 Å². The molecular formula is C19H31BO. The van der Waals surface area contributed by atoms with E-state index < -0.39 is 0 Å². The number of rotatable bonds is 6. The summed E-state index contributed by atoms with van der Waals surface area (Å²) in [5.41, 5.74) is 3.06. The minimum atomic E-state index is 0.661. The van der Waals surface area contributed by atoms with Crippen molar-refractivity contribution in [1.29, 1.82) is 0 Å². The van der Waals surface area contributed by atoms with E-state index in [0.717, 1.165) is 18.3 Å². The van der Waals surface area contributed by atoms with Crippen LogP contribution in [0.3, 0.4) is 0 Å². The average molecular weight is 286 g/mol. The molecule has 1 heterocycles. The number of benzene rings is 1. The van der Waals surface area contributed by atoms with Crippen LogP contribution in [0.25, 0.3) is 0 Å². The molecule has 0 fully saturated rings. The Labute approximate surface area is 131 Å². The summed E-state index contributed by atoms with van der Waals surface area (Å²) in [6, 6.07) is 6.66. The van der Waals surface area contributed by atoms with Gasteiger partial charge in [-0.05, 0) is 28.9 Å². The second-order valence-corrected chi connectivity index (χ2v) is 6.67. The number of hydrogen-bond donors (Lipinski definition) is 0. The van der Waals surface area contributed by atoms with Crippen molar-refractivity contribution in [3.05, 3.63) is 29.3 Å². The van der Waals surface area contributed by atoms with E-state index in [2.05, 4.69) is 45.9 Å². The van der Waals surface area contributed by atoms with Crippen molar-refractivity contribution in [1.82, 2.24) is 0 Å². The molecule has 1 aliphatic heterocycles. The average Bonchev–Trinajstić information content (AvgIpc) is 2.51. The Balaban J connectivity index is 2.52.